The van der Waals surface area contributed by atoms with Crippen LogP contribution in [0.2, 0.25) is 5.02 Å². The van der Waals surface area contributed by atoms with E-state index in [0.717, 1.165) is 71.6 Å². The number of aromatic nitrogens is 4. The summed E-state index contributed by atoms with van der Waals surface area (Å²) >= 11 is 7.18. The Labute approximate surface area is 306 Å². The minimum absolute atomic E-state index is 0.0884. The molecule has 272 valence electrons. The Morgan fingerprint density at radius 1 is 1.12 bits per heavy atom. The molecular formula is C39H43ClFN7O4. The number of nitriles is 1. The van der Waals surface area contributed by atoms with Crippen LogP contribution in [0.15, 0.2) is 30.6 Å². The molecule has 0 spiro atoms. The Balaban J connectivity index is 1.31. The van der Waals surface area contributed by atoms with Gasteiger partial charge >= 0.3 is 6.09 Å². The molecule has 0 bridgehead atoms. The molecule has 3 aliphatic rings. The zero-order chi connectivity index (χ0) is 36.3. The van der Waals surface area contributed by atoms with Crippen molar-refractivity contribution < 1.29 is 23.8 Å². The fourth-order valence-corrected chi connectivity index (χ4v) is 8.98. The van der Waals surface area contributed by atoms with Crippen LogP contribution in [-0.2, 0) is 4.74 Å². The molecule has 1 amide bonds. The molecule has 6 heterocycles. The number of ether oxygens (including phenoxy) is 2. The number of hydrogen-bond acceptors (Lipinski definition) is 7. The molecule has 0 radical (unpaired) electrons. The lowest BCUT2D eigenvalue weighted by Crippen LogP contribution is -2.45. The zero-order valence-corrected chi connectivity index (χ0v) is 30.5. The molecule has 2 unspecified atom stereocenters. The fraction of sp³-hybridized carbons (Fsp3) is 0.487. The zero-order valence-electron chi connectivity index (χ0n) is 29.7. The molecule has 2 aromatic carbocycles. The van der Waals surface area contributed by atoms with Crippen LogP contribution in [0.5, 0.6) is 5.88 Å². The van der Waals surface area contributed by atoms with E-state index in [9.17, 15) is 15.2 Å². The number of benzene rings is 2. The summed E-state index contributed by atoms with van der Waals surface area (Å²) in [6.45, 7) is 6.37. The van der Waals surface area contributed by atoms with Crippen molar-refractivity contribution >= 4 is 50.4 Å². The molecule has 3 fully saturated rings. The van der Waals surface area contributed by atoms with E-state index in [0.29, 0.717) is 42.9 Å². The Hall–Kier alpha value is -4.44. The quantitative estimate of drug-likeness (QED) is 0.178. The molecule has 1 N–H and O–H groups in total. The smallest absolute Gasteiger partial charge is 0.407 e. The molecule has 13 heteroatoms. The second-order valence-corrected chi connectivity index (χ2v) is 15.0. The first-order chi connectivity index (χ1) is 25.2. The average molecular weight is 728 g/mol. The third kappa shape index (κ3) is 5.83. The van der Waals surface area contributed by atoms with Gasteiger partial charge in [-0.25, -0.2) is 18.9 Å². The minimum Gasteiger partial charge on any atom is -0.476 e. The van der Waals surface area contributed by atoms with Gasteiger partial charge in [0.15, 0.2) is 12.0 Å². The van der Waals surface area contributed by atoms with Gasteiger partial charge < -0.3 is 28.9 Å². The summed E-state index contributed by atoms with van der Waals surface area (Å²) in [6.07, 6.45) is 8.60. The van der Waals surface area contributed by atoms with Gasteiger partial charge in [0.1, 0.15) is 12.1 Å². The lowest BCUT2D eigenvalue weighted by Gasteiger charge is -2.37. The molecule has 5 aromatic rings. The van der Waals surface area contributed by atoms with Crippen LogP contribution in [0.4, 0.5) is 9.18 Å². The summed E-state index contributed by atoms with van der Waals surface area (Å²) in [6, 6.07) is 7.61. The maximum Gasteiger partial charge on any atom is 0.407 e. The first kappa shape index (κ1) is 34.6. The van der Waals surface area contributed by atoms with E-state index in [-0.39, 0.29) is 47.4 Å². The predicted octanol–water partition coefficient (Wildman–Crippen LogP) is 8.38. The number of likely N-dealkylation sites (N-methyl/N-ethyl adjacent to an activating group) is 1. The number of piperidine rings is 1. The molecule has 3 aliphatic heterocycles. The van der Waals surface area contributed by atoms with E-state index in [1.54, 1.807) is 12.3 Å². The minimum atomic E-state index is -1.03. The van der Waals surface area contributed by atoms with Gasteiger partial charge in [-0.05, 0) is 102 Å². The van der Waals surface area contributed by atoms with Gasteiger partial charge in [0, 0.05) is 59.4 Å². The Morgan fingerprint density at radius 3 is 2.69 bits per heavy atom. The van der Waals surface area contributed by atoms with Crippen molar-refractivity contribution in [1.82, 2.24) is 29.1 Å². The van der Waals surface area contributed by atoms with Gasteiger partial charge in [-0.3, -0.25) is 0 Å². The lowest BCUT2D eigenvalue weighted by atomic mass is 9.92. The van der Waals surface area contributed by atoms with E-state index >= 15 is 4.39 Å². The Kier molecular flexibility index (Phi) is 9.22. The van der Waals surface area contributed by atoms with E-state index in [2.05, 4.69) is 28.7 Å². The van der Waals surface area contributed by atoms with Crippen LogP contribution >= 0.6 is 11.6 Å². The van der Waals surface area contributed by atoms with E-state index < -0.39 is 18.0 Å². The standard InChI is InChI=1S/C39H43ClFN7O4/c1-22-17-31-29(20-43-48(31)32-8-4-5-16-51-32)33(23(22)2)34-30(40)19-28-36(35(34)41)44-38(52-21-26-7-6-13-45(26)3)27-11-15-46(37(27)28)25-10-14-47(39(49)50)24(18-25)9-12-42/h11,15,17,19-20,24-26,32H,4-10,13-14,16,18,21H2,1-3H3,(H,49,50)/t24-,25+,26?,32?/m1/s1. The fourth-order valence-electron chi connectivity index (χ4n) is 8.70. The van der Waals surface area contributed by atoms with Crippen molar-refractivity contribution in [2.75, 3.05) is 33.4 Å². The molecule has 0 aliphatic carbocycles. The highest BCUT2D eigenvalue weighted by atomic mass is 35.5. The molecule has 3 aromatic heterocycles. The van der Waals surface area contributed by atoms with Crippen LogP contribution < -0.4 is 4.74 Å². The summed E-state index contributed by atoms with van der Waals surface area (Å²) in [5.74, 6) is -0.196. The number of likely N-dealkylation sites (tertiary alicyclic amines) is 2. The van der Waals surface area contributed by atoms with Crippen LogP contribution in [0.1, 0.15) is 74.8 Å². The number of amides is 1. The van der Waals surface area contributed by atoms with Gasteiger partial charge in [0.05, 0.1) is 40.1 Å². The van der Waals surface area contributed by atoms with Crippen molar-refractivity contribution in [3.63, 3.8) is 0 Å². The highest BCUT2D eigenvalue weighted by molar-refractivity contribution is 6.35. The number of hydrogen-bond donors (Lipinski definition) is 1. The number of carboxylic acid groups (broad SMARTS) is 1. The van der Waals surface area contributed by atoms with Crippen molar-refractivity contribution in [3.8, 4) is 23.1 Å². The molecule has 52 heavy (non-hydrogen) atoms. The predicted molar refractivity (Wildman–Crippen MR) is 197 cm³/mol. The number of nitrogens with zero attached hydrogens (tertiary/aromatic N) is 7. The molecule has 0 saturated carbocycles. The van der Waals surface area contributed by atoms with Gasteiger partial charge in [0.25, 0.3) is 0 Å². The SMILES string of the molecule is Cc1cc2c(cnn2C2CCCCO2)c(-c2c(Cl)cc3c(nc(OCC4CCCN4C)c4ccn([C@H]5CCN(C(=O)O)[C@H](CC#N)C5)c43)c2F)c1C. The van der Waals surface area contributed by atoms with Gasteiger partial charge in [-0.15, -0.1) is 0 Å². The maximum atomic E-state index is 17.5. The number of aryl methyl sites for hydroxylation is 1. The Morgan fingerprint density at radius 2 is 1.96 bits per heavy atom. The average Bonchev–Trinajstić information content (AvgIpc) is 3.88. The van der Waals surface area contributed by atoms with E-state index in [1.807, 2.05) is 30.8 Å². The number of halogens is 2. The van der Waals surface area contributed by atoms with Crippen LogP contribution in [0.3, 0.4) is 0 Å². The summed E-state index contributed by atoms with van der Waals surface area (Å²) in [7, 11) is 2.09. The molecule has 3 saturated heterocycles. The van der Waals surface area contributed by atoms with E-state index in [4.69, 9.17) is 31.2 Å². The summed E-state index contributed by atoms with van der Waals surface area (Å²) in [5, 5.41) is 26.4. The first-order valence-electron chi connectivity index (χ1n) is 18.3. The summed E-state index contributed by atoms with van der Waals surface area (Å²) < 4.78 is 34.1. The number of carbonyl (C=O) groups is 1. The van der Waals surface area contributed by atoms with E-state index in [1.165, 1.54) is 4.90 Å². The second-order valence-electron chi connectivity index (χ2n) is 14.6. The third-order valence-electron chi connectivity index (χ3n) is 11.6. The number of fused-ring (bicyclic) bond motifs is 4. The molecule has 8 rings (SSSR count). The van der Waals surface area contributed by atoms with Gasteiger partial charge in [0.2, 0.25) is 5.88 Å². The van der Waals surface area contributed by atoms with Crippen molar-refractivity contribution in [3.05, 3.63) is 52.6 Å². The normalized spacial score (nSPS) is 22.8. The second kappa shape index (κ2) is 13.8. The monoisotopic (exact) mass is 727 g/mol. The van der Waals surface area contributed by atoms with Crippen molar-refractivity contribution in [1.29, 1.82) is 5.26 Å². The van der Waals surface area contributed by atoms with Crippen LogP contribution in [-0.4, -0.2) is 85.8 Å². The van der Waals surface area contributed by atoms with Crippen LogP contribution in [0.25, 0.3) is 43.8 Å². The summed E-state index contributed by atoms with van der Waals surface area (Å²) in [5.41, 5.74) is 4.56. The highest BCUT2D eigenvalue weighted by Crippen LogP contribution is 2.45. The third-order valence-corrected chi connectivity index (χ3v) is 11.9. The van der Waals surface area contributed by atoms with Gasteiger partial charge in [-0.2, -0.15) is 10.4 Å². The Bertz CT molecular complexity index is 2240. The molecule has 11 nitrogen and oxygen atoms in total. The number of pyridine rings is 1. The van der Waals surface area contributed by atoms with Crippen LogP contribution in [0, 0.1) is 31.0 Å². The summed E-state index contributed by atoms with van der Waals surface area (Å²) in [4.78, 5) is 20.6. The number of rotatable bonds is 7. The largest absolute Gasteiger partial charge is 0.476 e. The highest BCUT2D eigenvalue weighted by Gasteiger charge is 2.34. The topological polar surface area (TPSA) is 122 Å². The molecule has 4 atom stereocenters. The molecular weight excluding hydrogens is 685 g/mol. The van der Waals surface area contributed by atoms with Crippen molar-refractivity contribution in [2.45, 2.75) is 89.6 Å². The van der Waals surface area contributed by atoms with Gasteiger partial charge in [-0.1, -0.05) is 11.6 Å². The maximum absolute atomic E-state index is 17.5. The first-order valence-corrected chi connectivity index (χ1v) is 18.6. The van der Waals surface area contributed by atoms with Crippen molar-refractivity contribution in [2.24, 2.45) is 0 Å². The lowest BCUT2D eigenvalue weighted by molar-refractivity contribution is -0.0366.